The van der Waals surface area contributed by atoms with Crippen molar-refractivity contribution in [1.29, 1.82) is 0 Å². The van der Waals surface area contributed by atoms with Gasteiger partial charge in [-0.2, -0.15) is 0 Å². The summed E-state index contributed by atoms with van der Waals surface area (Å²) in [6.07, 6.45) is 1.47. The molecule has 0 saturated carbocycles. The Balaban J connectivity index is 1.64. The van der Waals surface area contributed by atoms with Crippen molar-refractivity contribution in [2.45, 2.75) is 39.3 Å². The molecule has 1 aliphatic rings. The minimum Gasteiger partial charge on any atom is -0.493 e. The highest BCUT2D eigenvalue weighted by Gasteiger charge is 2.25. The van der Waals surface area contributed by atoms with Crippen LogP contribution in [0.25, 0.3) is 10.9 Å². The summed E-state index contributed by atoms with van der Waals surface area (Å²) in [5, 5.41) is 3.86. The molecule has 1 saturated heterocycles. The number of nitrogens with zero attached hydrogens (tertiary/aromatic N) is 3. The van der Waals surface area contributed by atoms with Crippen molar-refractivity contribution in [1.82, 2.24) is 15.2 Å². The third kappa shape index (κ3) is 5.70. The van der Waals surface area contributed by atoms with E-state index in [1.54, 1.807) is 14.2 Å². The maximum Gasteiger partial charge on any atom is 0.407 e. The van der Waals surface area contributed by atoms with Gasteiger partial charge in [0.15, 0.2) is 11.5 Å². The molecule has 2 heterocycles. The van der Waals surface area contributed by atoms with Gasteiger partial charge >= 0.3 is 6.09 Å². The molecule has 3 rings (SSSR count). The van der Waals surface area contributed by atoms with Gasteiger partial charge in [-0.25, -0.2) is 4.79 Å². The number of hydrogen-bond acceptors (Lipinski definition) is 7. The second kappa shape index (κ2) is 9.60. The van der Waals surface area contributed by atoms with Crippen LogP contribution in [-0.2, 0) is 4.74 Å². The van der Waals surface area contributed by atoms with Crippen LogP contribution in [0, 0.1) is 0 Å². The molecule has 0 aliphatic carbocycles. The Morgan fingerprint density at radius 1 is 1.19 bits per heavy atom. The molecule has 8 nitrogen and oxygen atoms in total. The third-order valence-corrected chi connectivity index (χ3v) is 5.42. The Hall–Kier alpha value is -2.74. The Kier molecular flexibility index (Phi) is 7.10. The van der Waals surface area contributed by atoms with Crippen molar-refractivity contribution in [3.05, 3.63) is 24.4 Å². The highest BCUT2D eigenvalue weighted by atomic mass is 16.5. The molecular weight excluding hydrogens is 396 g/mol. The average molecular weight is 431 g/mol. The number of amides is 1. The van der Waals surface area contributed by atoms with Gasteiger partial charge in [0, 0.05) is 61.1 Å². The summed E-state index contributed by atoms with van der Waals surface area (Å²) < 4.78 is 16.3. The molecular formula is C23H34N4O4. The van der Waals surface area contributed by atoms with Gasteiger partial charge in [0.25, 0.3) is 0 Å². The number of methoxy groups -OCH3 is 2. The lowest BCUT2D eigenvalue weighted by Gasteiger charge is -2.41. The SMILES string of the molecule is COc1cc2nccc(N3CCN(CCOC(=O)NC(C)(C)C)[C@H](C)C3)c2cc1OC. The van der Waals surface area contributed by atoms with Crippen LogP contribution in [-0.4, -0.2) is 74.6 Å². The molecule has 1 aromatic heterocycles. The molecule has 31 heavy (non-hydrogen) atoms. The number of alkyl carbamates (subject to hydrolysis) is 1. The van der Waals surface area contributed by atoms with Crippen LogP contribution in [0.4, 0.5) is 10.5 Å². The molecule has 0 spiro atoms. The van der Waals surface area contributed by atoms with E-state index in [2.05, 4.69) is 33.1 Å². The normalized spacial score (nSPS) is 17.5. The Labute approximate surface area is 184 Å². The first-order valence-electron chi connectivity index (χ1n) is 10.7. The number of hydrogen-bond donors (Lipinski definition) is 1. The van der Waals surface area contributed by atoms with Crippen molar-refractivity contribution in [3.63, 3.8) is 0 Å². The summed E-state index contributed by atoms with van der Waals surface area (Å²) in [7, 11) is 3.27. The fraction of sp³-hybridized carbons (Fsp3) is 0.565. The highest BCUT2D eigenvalue weighted by Crippen LogP contribution is 2.36. The molecule has 0 bridgehead atoms. The molecule has 1 N–H and O–H groups in total. The number of carbonyl (C=O) groups is 1. The van der Waals surface area contributed by atoms with Gasteiger partial charge in [0.05, 0.1) is 19.7 Å². The van der Waals surface area contributed by atoms with E-state index in [9.17, 15) is 4.79 Å². The lowest BCUT2D eigenvalue weighted by molar-refractivity contribution is 0.105. The topological polar surface area (TPSA) is 76.2 Å². The van der Waals surface area contributed by atoms with Crippen molar-refractivity contribution in [2.75, 3.05) is 51.9 Å². The predicted molar refractivity (Wildman–Crippen MR) is 122 cm³/mol. The third-order valence-electron chi connectivity index (χ3n) is 5.42. The van der Waals surface area contributed by atoms with Crippen LogP contribution >= 0.6 is 0 Å². The molecule has 1 fully saturated rings. The van der Waals surface area contributed by atoms with Crippen LogP contribution in [0.1, 0.15) is 27.7 Å². The monoisotopic (exact) mass is 430 g/mol. The number of fused-ring (bicyclic) bond motifs is 1. The lowest BCUT2D eigenvalue weighted by Crippen LogP contribution is -2.53. The number of pyridine rings is 1. The number of rotatable bonds is 6. The van der Waals surface area contributed by atoms with E-state index in [1.807, 2.05) is 39.1 Å². The van der Waals surface area contributed by atoms with Gasteiger partial charge in [-0.3, -0.25) is 9.88 Å². The number of carbonyl (C=O) groups excluding carboxylic acids is 1. The second-order valence-electron chi connectivity index (χ2n) is 8.90. The molecule has 0 radical (unpaired) electrons. The molecule has 1 amide bonds. The summed E-state index contributed by atoms with van der Waals surface area (Å²) >= 11 is 0. The van der Waals surface area contributed by atoms with Crippen LogP contribution in [0.2, 0.25) is 0 Å². The Morgan fingerprint density at radius 2 is 1.90 bits per heavy atom. The zero-order chi connectivity index (χ0) is 22.6. The van der Waals surface area contributed by atoms with E-state index in [1.165, 1.54) is 0 Å². The van der Waals surface area contributed by atoms with Crippen molar-refractivity contribution in [3.8, 4) is 11.5 Å². The number of nitrogens with one attached hydrogen (secondary N) is 1. The summed E-state index contributed by atoms with van der Waals surface area (Å²) in [6.45, 7) is 11.7. The first-order valence-corrected chi connectivity index (χ1v) is 10.7. The summed E-state index contributed by atoms with van der Waals surface area (Å²) in [6, 6.07) is 6.29. The Bertz CT molecular complexity index is 912. The first-order chi connectivity index (χ1) is 14.7. The summed E-state index contributed by atoms with van der Waals surface area (Å²) in [4.78, 5) is 21.1. The van der Waals surface area contributed by atoms with E-state index in [0.717, 1.165) is 36.2 Å². The van der Waals surface area contributed by atoms with Gasteiger partial charge in [-0.15, -0.1) is 0 Å². The number of benzene rings is 1. The number of aromatic nitrogens is 1. The first kappa shape index (κ1) is 22.9. The largest absolute Gasteiger partial charge is 0.493 e. The summed E-state index contributed by atoms with van der Waals surface area (Å²) in [5.74, 6) is 1.37. The molecule has 2 aromatic rings. The van der Waals surface area contributed by atoms with Gasteiger partial charge in [-0.05, 0) is 39.8 Å². The highest BCUT2D eigenvalue weighted by molar-refractivity contribution is 5.94. The molecule has 8 heteroatoms. The van der Waals surface area contributed by atoms with Crippen molar-refractivity contribution >= 4 is 22.7 Å². The maximum atomic E-state index is 11.9. The number of anilines is 1. The minimum absolute atomic E-state index is 0.296. The second-order valence-corrected chi connectivity index (χ2v) is 8.90. The fourth-order valence-corrected chi connectivity index (χ4v) is 3.88. The van der Waals surface area contributed by atoms with Crippen LogP contribution < -0.4 is 19.7 Å². The van der Waals surface area contributed by atoms with Gasteiger partial charge in [0.2, 0.25) is 0 Å². The number of ether oxygens (including phenoxy) is 3. The standard InChI is InChI=1S/C23H34N4O4/c1-16-15-27(10-9-26(16)11-12-31-22(28)25-23(2,3)4)19-7-8-24-18-14-21(30-6)20(29-5)13-17(18)19/h7-8,13-14,16H,9-12,15H2,1-6H3,(H,25,28)/t16-/m1/s1. The molecule has 0 unspecified atom stereocenters. The van der Waals surface area contributed by atoms with Crippen LogP contribution in [0.5, 0.6) is 11.5 Å². The van der Waals surface area contributed by atoms with Crippen molar-refractivity contribution in [2.24, 2.45) is 0 Å². The smallest absolute Gasteiger partial charge is 0.407 e. The molecule has 170 valence electrons. The average Bonchev–Trinajstić information content (AvgIpc) is 2.72. The number of piperazine rings is 1. The quantitative estimate of drug-likeness (QED) is 0.754. The lowest BCUT2D eigenvalue weighted by atomic mass is 10.1. The predicted octanol–water partition coefficient (Wildman–Crippen LogP) is 3.29. The van der Waals surface area contributed by atoms with Gasteiger partial charge in [-0.1, -0.05) is 0 Å². The van der Waals surface area contributed by atoms with Crippen LogP contribution in [0.3, 0.4) is 0 Å². The van der Waals surface area contributed by atoms with E-state index >= 15 is 0 Å². The maximum absolute atomic E-state index is 11.9. The zero-order valence-electron chi connectivity index (χ0n) is 19.4. The van der Waals surface area contributed by atoms with E-state index in [0.29, 0.717) is 30.7 Å². The van der Waals surface area contributed by atoms with E-state index < -0.39 is 0 Å². The molecule has 1 aliphatic heterocycles. The summed E-state index contributed by atoms with van der Waals surface area (Å²) in [5.41, 5.74) is 1.72. The zero-order valence-corrected chi connectivity index (χ0v) is 19.4. The van der Waals surface area contributed by atoms with Crippen molar-refractivity contribution < 1.29 is 19.0 Å². The minimum atomic E-state index is -0.369. The molecule has 1 aromatic carbocycles. The van der Waals surface area contributed by atoms with Gasteiger partial charge < -0.3 is 24.4 Å². The fourth-order valence-electron chi connectivity index (χ4n) is 3.88. The van der Waals surface area contributed by atoms with Crippen LogP contribution in [0.15, 0.2) is 24.4 Å². The van der Waals surface area contributed by atoms with Gasteiger partial charge in [0.1, 0.15) is 6.61 Å². The molecule has 1 atom stereocenters. The van der Waals surface area contributed by atoms with E-state index in [4.69, 9.17) is 14.2 Å². The van der Waals surface area contributed by atoms with E-state index in [-0.39, 0.29) is 11.6 Å². The Morgan fingerprint density at radius 3 is 2.55 bits per heavy atom.